The Balaban J connectivity index is 1.70. The molecule has 12 heteroatoms. The first-order valence-corrected chi connectivity index (χ1v) is 7.63. The third-order valence-electron chi connectivity index (χ3n) is 3.65. The number of alkyl halides is 3. The van der Waals surface area contributed by atoms with Crippen molar-refractivity contribution < 1.29 is 32.1 Å². The lowest BCUT2D eigenvalue weighted by Crippen LogP contribution is -2.09. The van der Waals surface area contributed by atoms with E-state index in [2.05, 4.69) is 10.1 Å². The minimum absolute atomic E-state index is 0.0654. The summed E-state index contributed by atoms with van der Waals surface area (Å²) in [6, 6.07) is 5.40. The monoisotopic (exact) mass is 396 g/mol. The number of esters is 1. The average Bonchev–Trinajstić information content (AvgIpc) is 3.26. The Kier molecular flexibility index (Phi) is 4.86. The van der Waals surface area contributed by atoms with Gasteiger partial charge in [-0.1, -0.05) is 17.3 Å². The molecule has 0 saturated carbocycles. The molecule has 0 amide bonds. The third-order valence-corrected chi connectivity index (χ3v) is 3.65. The normalized spacial score (nSPS) is 11.4. The Morgan fingerprint density at radius 1 is 1.36 bits per heavy atom. The van der Waals surface area contributed by atoms with Gasteiger partial charge in [-0.05, 0) is 12.1 Å². The summed E-state index contributed by atoms with van der Waals surface area (Å²) in [7, 11) is 1.43. The molecule has 146 valence electrons. The molecule has 3 aromatic rings. The molecule has 9 nitrogen and oxygen atoms in total. The number of carbonyl (C=O) groups excluding carboxylic acids is 1. The minimum atomic E-state index is -4.52. The van der Waals surface area contributed by atoms with Crippen molar-refractivity contribution in [3.63, 3.8) is 0 Å². The van der Waals surface area contributed by atoms with Gasteiger partial charge in [0.15, 0.2) is 6.61 Å². The van der Waals surface area contributed by atoms with E-state index >= 15 is 0 Å². The smallest absolute Gasteiger partial charge is 0.416 e. The predicted molar refractivity (Wildman–Crippen MR) is 85.9 cm³/mol. The van der Waals surface area contributed by atoms with Gasteiger partial charge in [-0.2, -0.15) is 18.2 Å². The lowest BCUT2D eigenvalue weighted by atomic mass is 10.1. The summed E-state index contributed by atoms with van der Waals surface area (Å²) >= 11 is 0. The van der Waals surface area contributed by atoms with E-state index in [0.29, 0.717) is 0 Å². The van der Waals surface area contributed by atoms with Crippen molar-refractivity contribution in [1.29, 1.82) is 0 Å². The summed E-state index contributed by atoms with van der Waals surface area (Å²) < 4.78 is 49.4. The second-order valence-electron chi connectivity index (χ2n) is 5.62. The highest BCUT2D eigenvalue weighted by molar-refractivity contribution is 5.88. The summed E-state index contributed by atoms with van der Waals surface area (Å²) in [6.45, 7) is -0.455. The van der Waals surface area contributed by atoms with Crippen LogP contribution in [-0.2, 0) is 24.6 Å². The van der Waals surface area contributed by atoms with Crippen molar-refractivity contribution in [3.05, 3.63) is 63.8 Å². The molecule has 0 atom stereocenters. The van der Waals surface area contributed by atoms with E-state index in [0.717, 1.165) is 24.4 Å². The number of aryl methyl sites for hydroxylation is 1. The van der Waals surface area contributed by atoms with Gasteiger partial charge < -0.3 is 13.8 Å². The molecule has 0 aliphatic carbocycles. The Morgan fingerprint density at radius 2 is 2.11 bits per heavy atom. The molecule has 0 radical (unpaired) electrons. The SMILES string of the molecule is Cn1cc([N+](=O)[O-])cc1C(=O)OCc1nc(-c2cccc(C(F)(F)F)c2)no1. The van der Waals surface area contributed by atoms with Gasteiger partial charge in [-0.25, -0.2) is 4.79 Å². The molecule has 0 fully saturated rings. The van der Waals surface area contributed by atoms with Crippen LogP contribution >= 0.6 is 0 Å². The number of hydrogen-bond acceptors (Lipinski definition) is 7. The molecule has 1 aromatic carbocycles. The Bertz CT molecular complexity index is 1040. The zero-order valence-corrected chi connectivity index (χ0v) is 14.1. The first-order valence-electron chi connectivity index (χ1n) is 7.63. The van der Waals surface area contributed by atoms with Crippen LogP contribution in [0.15, 0.2) is 41.1 Å². The predicted octanol–water partition coefficient (Wildman–Crippen LogP) is 3.36. The van der Waals surface area contributed by atoms with Crippen molar-refractivity contribution in [3.8, 4) is 11.4 Å². The van der Waals surface area contributed by atoms with E-state index in [4.69, 9.17) is 9.26 Å². The molecule has 0 aliphatic rings. The zero-order chi connectivity index (χ0) is 20.5. The number of rotatable bonds is 5. The van der Waals surface area contributed by atoms with Crippen LogP contribution in [0, 0.1) is 10.1 Å². The van der Waals surface area contributed by atoms with Gasteiger partial charge in [0.2, 0.25) is 5.82 Å². The average molecular weight is 396 g/mol. The van der Waals surface area contributed by atoms with Crippen LogP contribution in [0.4, 0.5) is 18.9 Å². The molecule has 0 unspecified atom stereocenters. The molecule has 0 spiro atoms. The van der Waals surface area contributed by atoms with Gasteiger partial charge in [0.1, 0.15) is 5.69 Å². The maximum atomic E-state index is 12.8. The van der Waals surface area contributed by atoms with Crippen LogP contribution in [0.25, 0.3) is 11.4 Å². The lowest BCUT2D eigenvalue weighted by Gasteiger charge is -2.06. The van der Waals surface area contributed by atoms with Crippen molar-refractivity contribution in [2.75, 3.05) is 0 Å². The number of aromatic nitrogens is 3. The fourth-order valence-corrected chi connectivity index (χ4v) is 2.32. The van der Waals surface area contributed by atoms with Gasteiger partial charge >= 0.3 is 12.1 Å². The second-order valence-corrected chi connectivity index (χ2v) is 5.62. The van der Waals surface area contributed by atoms with Gasteiger partial charge in [0, 0.05) is 18.7 Å². The standard InChI is InChI=1S/C16H11F3N4O5/c1-22-7-11(23(25)26)6-12(22)15(24)27-8-13-20-14(21-28-13)9-3-2-4-10(5-9)16(17,18)19/h2-7H,8H2,1H3. The minimum Gasteiger partial charge on any atom is -0.451 e. The number of hydrogen-bond donors (Lipinski definition) is 0. The Hall–Kier alpha value is -3.70. The van der Waals surface area contributed by atoms with Crippen LogP contribution in [0.5, 0.6) is 0 Å². The number of nitrogens with zero attached hydrogens (tertiary/aromatic N) is 4. The molecule has 2 aromatic heterocycles. The number of benzene rings is 1. The molecule has 0 N–H and O–H groups in total. The molecule has 0 bridgehead atoms. The van der Waals surface area contributed by atoms with Crippen LogP contribution in [0.3, 0.4) is 0 Å². The van der Waals surface area contributed by atoms with E-state index in [9.17, 15) is 28.1 Å². The highest BCUT2D eigenvalue weighted by Gasteiger charge is 2.30. The summed E-state index contributed by atoms with van der Waals surface area (Å²) in [4.78, 5) is 26.0. The van der Waals surface area contributed by atoms with Crippen molar-refractivity contribution in [2.45, 2.75) is 12.8 Å². The fourth-order valence-electron chi connectivity index (χ4n) is 2.32. The van der Waals surface area contributed by atoms with Gasteiger partial charge in [-0.3, -0.25) is 10.1 Å². The zero-order valence-electron chi connectivity index (χ0n) is 14.1. The van der Waals surface area contributed by atoms with Crippen LogP contribution < -0.4 is 0 Å². The van der Waals surface area contributed by atoms with E-state index < -0.39 is 29.2 Å². The Morgan fingerprint density at radius 3 is 2.75 bits per heavy atom. The molecular weight excluding hydrogens is 385 g/mol. The third kappa shape index (κ3) is 4.00. The van der Waals surface area contributed by atoms with Crippen LogP contribution in [-0.4, -0.2) is 25.6 Å². The van der Waals surface area contributed by atoms with Gasteiger partial charge in [0.05, 0.1) is 16.7 Å². The summed E-state index contributed by atoms with van der Waals surface area (Å²) in [5.74, 6) is -1.12. The second kappa shape index (κ2) is 7.13. The number of carbonyl (C=O) groups is 1. The molecular formula is C16H11F3N4O5. The fraction of sp³-hybridized carbons (Fsp3) is 0.188. The number of halogens is 3. The van der Waals surface area contributed by atoms with E-state index in [-0.39, 0.29) is 28.7 Å². The number of ether oxygens (including phenoxy) is 1. The highest BCUT2D eigenvalue weighted by atomic mass is 19.4. The maximum absolute atomic E-state index is 12.8. The quantitative estimate of drug-likeness (QED) is 0.369. The first-order chi connectivity index (χ1) is 13.1. The maximum Gasteiger partial charge on any atom is 0.416 e. The molecule has 28 heavy (non-hydrogen) atoms. The molecule has 0 saturated heterocycles. The lowest BCUT2D eigenvalue weighted by molar-refractivity contribution is -0.384. The van der Waals surface area contributed by atoms with Crippen LogP contribution in [0.1, 0.15) is 21.9 Å². The summed E-state index contributed by atoms with van der Waals surface area (Å²) in [5, 5.41) is 14.3. The Labute approximate surface area is 154 Å². The topological polar surface area (TPSA) is 113 Å². The molecule has 3 rings (SSSR count). The largest absolute Gasteiger partial charge is 0.451 e. The summed E-state index contributed by atoms with van der Waals surface area (Å²) in [6.07, 6.45) is -3.37. The van der Waals surface area contributed by atoms with Crippen molar-refractivity contribution in [2.24, 2.45) is 7.05 Å². The van der Waals surface area contributed by atoms with E-state index in [1.54, 1.807) is 0 Å². The first kappa shape index (κ1) is 19.1. The highest BCUT2D eigenvalue weighted by Crippen LogP contribution is 2.31. The van der Waals surface area contributed by atoms with E-state index in [1.165, 1.54) is 23.7 Å². The van der Waals surface area contributed by atoms with Gasteiger partial charge in [-0.15, -0.1) is 0 Å². The molecule has 0 aliphatic heterocycles. The van der Waals surface area contributed by atoms with E-state index in [1.807, 2.05) is 0 Å². The summed E-state index contributed by atoms with van der Waals surface area (Å²) in [5.41, 5.74) is -1.13. The van der Waals surface area contributed by atoms with Crippen LogP contribution in [0.2, 0.25) is 0 Å². The molecule has 2 heterocycles. The van der Waals surface area contributed by atoms with Gasteiger partial charge in [0.25, 0.3) is 11.6 Å². The number of nitro groups is 1. The van der Waals surface area contributed by atoms with Crippen molar-refractivity contribution >= 4 is 11.7 Å². The van der Waals surface area contributed by atoms with Crippen molar-refractivity contribution in [1.82, 2.24) is 14.7 Å².